The Bertz CT molecular complexity index is 657. The van der Waals surface area contributed by atoms with Crippen LogP contribution in [0.2, 0.25) is 0 Å². The monoisotopic (exact) mass is 297 g/mol. The van der Waals surface area contributed by atoms with E-state index in [0.717, 1.165) is 31.7 Å². The first kappa shape index (κ1) is 14.7. The van der Waals surface area contributed by atoms with Crippen molar-refractivity contribution in [3.05, 3.63) is 53.6 Å². The number of hydrogen-bond acceptors (Lipinski definition) is 4. The SMILES string of the molecule is CCC(Oc1ccc(N)c(N)c1)N1CCc2ccccc2C1. The van der Waals surface area contributed by atoms with E-state index in [0.29, 0.717) is 11.4 Å². The maximum Gasteiger partial charge on any atom is 0.152 e. The van der Waals surface area contributed by atoms with Crippen LogP contribution in [0.5, 0.6) is 5.75 Å². The van der Waals surface area contributed by atoms with Crippen molar-refractivity contribution in [3.8, 4) is 5.75 Å². The molecule has 0 bridgehead atoms. The van der Waals surface area contributed by atoms with Crippen molar-refractivity contribution in [2.45, 2.75) is 32.5 Å². The second kappa shape index (κ2) is 6.28. The molecule has 1 aliphatic rings. The lowest BCUT2D eigenvalue weighted by Gasteiger charge is -2.35. The van der Waals surface area contributed by atoms with E-state index in [1.165, 1.54) is 11.1 Å². The van der Waals surface area contributed by atoms with Gasteiger partial charge in [0.05, 0.1) is 11.4 Å². The lowest BCUT2D eigenvalue weighted by molar-refractivity contribution is 0.0125. The predicted octanol–water partition coefficient (Wildman–Crippen LogP) is 3.02. The first-order valence-electron chi connectivity index (χ1n) is 7.80. The van der Waals surface area contributed by atoms with Crippen LogP contribution < -0.4 is 16.2 Å². The highest BCUT2D eigenvalue weighted by molar-refractivity contribution is 5.65. The van der Waals surface area contributed by atoms with E-state index in [1.807, 2.05) is 6.07 Å². The van der Waals surface area contributed by atoms with E-state index < -0.39 is 0 Å². The summed E-state index contributed by atoms with van der Waals surface area (Å²) in [5.41, 5.74) is 15.6. The lowest BCUT2D eigenvalue weighted by atomic mass is 9.99. The molecule has 3 rings (SSSR count). The van der Waals surface area contributed by atoms with Crippen molar-refractivity contribution in [2.24, 2.45) is 0 Å². The zero-order valence-corrected chi connectivity index (χ0v) is 13.0. The standard InChI is InChI=1S/C18H23N3O/c1-2-18(22-15-7-8-16(19)17(20)11-15)21-10-9-13-5-3-4-6-14(13)12-21/h3-8,11,18H,2,9-10,12,19-20H2,1H3. The lowest BCUT2D eigenvalue weighted by Crippen LogP contribution is -2.42. The molecule has 116 valence electrons. The van der Waals surface area contributed by atoms with E-state index in [1.54, 1.807) is 12.1 Å². The number of rotatable bonds is 4. The average molecular weight is 297 g/mol. The Balaban J connectivity index is 1.73. The second-order valence-electron chi connectivity index (χ2n) is 5.76. The number of ether oxygens (including phenoxy) is 1. The number of benzene rings is 2. The van der Waals surface area contributed by atoms with Crippen LogP contribution in [0.25, 0.3) is 0 Å². The van der Waals surface area contributed by atoms with Gasteiger partial charge < -0.3 is 16.2 Å². The van der Waals surface area contributed by atoms with Gasteiger partial charge in [0.1, 0.15) is 5.75 Å². The summed E-state index contributed by atoms with van der Waals surface area (Å²) in [4.78, 5) is 2.38. The van der Waals surface area contributed by atoms with E-state index in [4.69, 9.17) is 16.2 Å². The van der Waals surface area contributed by atoms with E-state index in [-0.39, 0.29) is 6.23 Å². The molecule has 4 nitrogen and oxygen atoms in total. The van der Waals surface area contributed by atoms with Crippen LogP contribution in [0, 0.1) is 0 Å². The van der Waals surface area contributed by atoms with Crippen molar-refractivity contribution < 1.29 is 4.74 Å². The molecule has 0 spiro atoms. The second-order valence-corrected chi connectivity index (χ2v) is 5.76. The molecule has 22 heavy (non-hydrogen) atoms. The topological polar surface area (TPSA) is 64.5 Å². The summed E-state index contributed by atoms with van der Waals surface area (Å²) >= 11 is 0. The van der Waals surface area contributed by atoms with Crippen molar-refractivity contribution in [3.63, 3.8) is 0 Å². The molecule has 1 unspecified atom stereocenters. The van der Waals surface area contributed by atoms with Crippen LogP contribution in [0.1, 0.15) is 24.5 Å². The maximum absolute atomic E-state index is 6.14. The Morgan fingerprint density at radius 2 is 1.86 bits per heavy atom. The van der Waals surface area contributed by atoms with E-state index >= 15 is 0 Å². The van der Waals surface area contributed by atoms with Gasteiger partial charge >= 0.3 is 0 Å². The third-order valence-corrected chi connectivity index (χ3v) is 4.25. The summed E-state index contributed by atoms with van der Waals surface area (Å²) in [5.74, 6) is 0.775. The number of nitrogens with zero attached hydrogens (tertiary/aromatic N) is 1. The number of anilines is 2. The molecule has 0 aliphatic carbocycles. The highest BCUT2D eigenvalue weighted by atomic mass is 16.5. The van der Waals surface area contributed by atoms with Crippen LogP contribution in [0.15, 0.2) is 42.5 Å². The fourth-order valence-electron chi connectivity index (χ4n) is 2.96. The van der Waals surface area contributed by atoms with Gasteiger partial charge in [0.25, 0.3) is 0 Å². The normalized spacial score (nSPS) is 16.0. The maximum atomic E-state index is 6.14. The highest BCUT2D eigenvalue weighted by Gasteiger charge is 2.23. The van der Waals surface area contributed by atoms with Crippen LogP contribution in [0.4, 0.5) is 11.4 Å². The number of nitrogens with two attached hydrogens (primary N) is 2. The van der Waals surface area contributed by atoms with Gasteiger partial charge in [0.2, 0.25) is 0 Å². The molecule has 0 fully saturated rings. The summed E-state index contributed by atoms with van der Waals surface area (Å²) in [6.07, 6.45) is 2.04. The van der Waals surface area contributed by atoms with Gasteiger partial charge in [-0.2, -0.15) is 0 Å². The third kappa shape index (κ3) is 3.02. The Kier molecular flexibility index (Phi) is 4.20. The van der Waals surface area contributed by atoms with Gasteiger partial charge in [-0.25, -0.2) is 0 Å². The van der Waals surface area contributed by atoms with Crippen molar-refractivity contribution in [1.29, 1.82) is 0 Å². The van der Waals surface area contributed by atoms with Gasteiger partial charge in [-0.05, 0) is 36.1 Å². The molecule has 1 aliphatic heterocycles. The summed E-state index contributed by atoms with van der Waals surface area (Å²) in [7, 11) is 0. The molecule has 0 saturated carbocycles. The first-order chi connectivity index (χ1) is 10.7. The molecule has 2 aromatic rings. The summed E-state index contributed by atoms with van der Waals surface area (Å²) in [5, 5.41) is 0. The predicted molar refractivity (Wildman–Crippen MR) is 90.5 cm³/mol. The van der Waals surface area contributed by atoms with Crippen molar-refractivity contribution >= 4 is 11.4 Å². The fourth-order valence-corrected chi connectivity index (χ4v) is 2.96. The molecule has 0 amide bonds. The zero-order valence-electron chi connectivity index (χ0n) is 13.0. The Labute approximate surface area is 131 Å². The molecular weight excluding hydrogens is 274 g/mol. The van der Waals surface area contributed by atoms with Crippen LogP contribution in [0.3, 0.4) is 0 Å². The minimum atomic E-state index is 0.0522. The Morgan fingerprint density at radius 1 is 1.09 bits per heavy atom. The fraction of sp³-hybridized carbons (Fsp3) is 0.333. The first-order valence-corrected chi connectivity index (χ1v) is 7.80. The number of hydrogen-bond donors (Lipinski definition) is 2. The van der Waals surface area contributed by atoms with Crippen molar-refractivity contribution in [2.75, 3.05) is 18.0 Å². The molecular formula is C18H23N3O. The van der Waals surface area contributed by atoms with E-state index in [9.17, 15) is 0 Å². The minimum Gasteiger partial charge on any atom is -0.475 e. The van der Waals surface area contributed by atoms with Gasteiger partial charge in [-0.1, -0.05) is 31.2 Å². The molecule has 0 saturated heterocycles. The van der Waals surface area contributed by atoms with Crippen LogP contribution >= 0.6 is 0 Å². The zero-order chi connectivity index (χ0) is 15.5. The van der Waals surface area contributed by atoms with Crippen LogP contribution in [-0.2, 0) is 13.0 Å². The summed E-state index contributed by atoms with van der Waals surface area (Å²) in [6, 6.07) is 14.1. The molecule has 4 N–H and O–H groups in total. The number of fused-ring (bicyclic) bond motifs is 1. The third-order valence-electron chi connectivity index (χ3n) is 4.25. The molecule has 1 atom stereocenters. The van der Waals surface area contributed by atoms with Crippen molar-refractivity contribution in [1.82, 2.24) is 4.90 Å². The molecule has 0 radical (unpaired) electrons. The van der Waals surface area contributed by atoms with Gasteiger partial charge in [-0.15, -0.1) is 0 Å². The Morgan fingerprint density at radius 3 is 2.59 bits per heavy atom. The average Bonchev–Trinajstić information content (AvgIpc) is 2.55. The molecule has 4 heteroatoms. The molecule has 1 heterocycles. The van der Waals surface area contributed by atoms with Crippen LogP contribution in [-0.4, -0.2) is 17.7 Å². The molecule has 0 aromatic heterocycles. The van der Waals surface area contributed by atoms with Gasteiger partial charge in [-0.3, -0.25) is 4.90 Å². The Hall–Kier alpha value is -2.20. The summed E-state index contributed by atoms with van der Waals surface area (Å²) in [6.45, 7) is 4.09. The highest BCUT2D eigenvalue weighted by Crippen LogP contribution is 2.26. The van der Waals surface area contributed by atoms with E-state index in [2.05, 4.69) is 36.1 Å². The summed E-state index contributed by atoms with van der Waals surface area (Å²) < 4.78 is 6.14. The number of nitrogen functional groups attached to an aromatic ring is 2. The molecule has 2 aromatic carbocycles. The van der Waals surface area contributed by atoms with Gasteiger partial charge in [0.15, 0.2) is 6.23 Å². The smallest absolute Gasteiger partial charge is 0.152 e. The quantitative estimate of drug-likeness (QED) is 0.851. The van der Waals surface area contributed by atoms with Gasteiger partial charge in [0, 0.05) is 19.2 Å². The largest absolute Gasteiger partial charge is 0.475 e. The minimum absolute atomic E-state index is 0.0522.